The summed E-state index contributed by atoms with van der Waals surface area (Å²) >= 11 is 3.71. The topological polar surface area (TPSA) is 12.9 Å². The smallest absolute Gasteiger partial charge is 0.0795 e. The highest BCUT2D eigenvalue weighted by Crippen LogP contribution is 2.43. The maximum atomic E-state index is 4.93. The second kappa shape index (κ2) is 6.62. The van der Waals surface area contributed by atoms with Crippen molar-refractivity contribution in [3.63, 3.8) is 0 Å². The van der Waals surface area contributed by atoms with Gasteiger partial charge in [0.25, 0.3) is 0 Å². The van der Waals surface area contributed by atoms with E-state index in [1.165, 1.54) is 57.7 Å². The van der Waals surface area contributed by atoms with Gasteiger partial charge in [-0.3, -0.25) is 4.98 Å². The summed E-state index contributed by atoms with van der Waals surface area (Å²) in [5.41, 5.74) is 5.07. The van der Waals surface area contributed by atoms with Gasteiger partial charge in [0.15, 0.2) is 0 Å². The lowest BCUT2D eigenvalue weighted by Gasteiger charge is -2.23. The van der Waals surface area contributed by atoms with Crippen LogP contribution in [-0.2, 0) is 5.41 Å². The fraction of sp³-hybridized carbons (Fsp3) is 0.179. The molecular formula is C28H23NS2. The number of aryl methyl sites for hydroxylation is 1. The average molecular weight is 438 g/mol. The summed E-state index contributed by atoms with van der Waals surface area (Å²) in [6.07, 6.45) is 1.96. The van der Waals surface area contributed by atoms with Crippen molar-refractivity contribution in [2.75, 3.05) is 0 Å². The van der Waals surface area contributed by atoms with Crippen molar-refractivity contribution in [2.24, 2.45) is 0 Å². The molecule has 3 aromatic carbocycles. The van der Waals surface area contributed by atoms with Gasteiger partial charge in [-0.05, 0) is 75.3 Å². The minimum absolute atomic E-state index is 0.0557. The second-order valence-electron chi connectivity index (χ2n) is 9.39. The molecule has 6 rings (SSSR count). The summed E-state index contributed by atoms with van der Waals surface area (Å²) in [4.78, 5) is 4.93. The fourth-order valence-electron chi connectivity index (χ4n) is 4.66. The number of rotatable bonds is 1. The maximum absolute atomic E-state index is 4.93. The summed E-state index contributed by atoms with van der Waals surface area (Å²) in [5.74, 6) is 0. The standard InChI is InChI=1S/C28H23NS2/c1-16-15-30-24-14-25-21(13-20(16)24)26-23(31-25)9-10-29-27(26)18-11-17-7-5-6-8-19(17)22(12-18)28(2,3)4/h5-15H,1-4H3. The Morgan fingerprint density at radius 1 is 0.806 bits per heavy atom. The van der Waals surface area contributed by atoms with Crippen LogP contribution in [0.5, 0.6) is 0 Å². The van der Waals surface area contributed by atoms with Crippen molar-refractivity contribution in [1.29, 1.82) is 0 Å². The van der Waals surface area contributed by atoms with E-state index < -0.39 is 0 Å². The molecule has 1 nitrogen and oxygen atoms in total. The molecule has 3 aromatic heterocycles. The highest BCUT2D eigenvalue weighted by Gasteiger charge is 2.20. The molecule has 152 valence electrons. The third-order valence-electron chi connectivity index (χ3n) is 6.21. The molecule has 0 aliphatic carbocycles. The molecule has 0 bridgehead atoms. The van der Waals surface area contributed by atoms with E-state index in [-0.39, 0.29) is 5.41 Å². The molecule has 0 fully saturated rings. The summed E-state index contributed by atoms with van der Waals surface area (Å²) in [6.45, 7) is 9.09. The van der Waals surface area contributed by atoms with Crippen LogP contribution < -0.4 is 0 Å². The lowest BCUT2D eigenvalue weighted by Crippen LogP contribution is -2.12. The van der Waals surface area contributed by atoms with Crippen LogP contribution in [0.15, 0.2) is 66.2 Å². The van der Waals surface area contributed by atoms with Gasteiger partial charge in [-0.25, -0.2) is 0 Å². The number of pyridine rings is 1. The summed E-state index contributed by atoms with van der Waals surface area (Å²) in [7, 11) is 0. The van der Waals surface area contributed by atoms with Crippen LogP contribution in [0, 0.1) is 6.92 Å². The van der Waals surface area contributed by atoms with Crippen molar-refractivity contribution in [1.82, 2.24) is 4.98 Å². The zero-order chi connectivity index (χ0) is 21.3. The minimum atomic E-state index is 0.0557. The molecule has 0 saturated heterocycles. The first-order valence-electron chi connectivity index (χ1n) is 10.6. The van der Waals surface area contributed by atoms with Gasteiger partial charge in [-0.1, -0.05) is 45.0 Å². The molecule has 0 amide bonds. The van der Waals surface area contributed by atoms with Gasteiger partial charge >= 0.3 is 0 Å². The number of nitrogens with zero attached hydrogens (tertiary/aromatic N) is 1. The highest BCUT2D eigenvalue weighted by atomic mass is 32.1. The van der Waals surface area contributed by atoms with Gasteiger partial charge in [0.2, 0.25) is 0 Å². The maximum Gasteiger partial charge on any atom is 0.0795 e. The van der Waals surface area contributed by atoms with Gasteiger partial charge < -0.3 is 0 Å². The van der Waals surface area contributed by atoms with E-state index in [0.29, 0.717) is 0 Å². The first-order valence-corrected chi connectivity index (χ1v) is 12.3. The van der Waals surface area contributed by atoms with Gasteiger partial charge in [0.05, 0.1) is 5.69 Å². The molecule has 0 aliphatic heterocycles. The predicted octanol–water partition coefficient (Wildman–Crippen LogP) is 9.09. The van der Waals surface area contributed by atoms with Crippen LogP contribution in [0.2, 0.25) is 0 Å². The van der Waals surface area contributed by atoms with E-state index >= 15 is 0 Å². The monoisotopic (exact) mass is 437 g/mol. The van der Waals surface area contributed by atoms with E-state index in [9.17, 15) is 0 Å². The lowest BCUT2D eigenvalue weighted by atomic mass is 9.82. The fourth-order valence-corrected chi connectivity index (χ4v) is 6.82. The number of benzene rings is 3. The number of fused-ring (bicyclic) bond motifs is 5. The minimum Gasteiger partial charge on any atom is -0.256 e. The van der Waals surface area contributed by atoms with Crippen LogP contribution >= 0.6 is 22.7 Å². The molecule has 0 spiro atoms. The first kappa shape index (κ1) is 19.0. The second-order valence-corrected chi connectivity index (χ2v) is 11.4. The quantitative estimate of drug-likeness (QED) is 0.250. The number of hydrogen-bond donors (Lipinski definition) is 0. The summed E-state index contributed by atoms with van der Waals surface area (Å²) in [5, 5.41) is 8.83. The van der Waals surface area contributed by atoms with Crippen molar-refractivity contribution >= 4 is 63.7 Å². The molecule has 6 aromatic rings. The molecule has 0 aliphatic rings. The Kier molecular flexibility index (Phi) is 4.05. The molecule has 0 N–H and O–H groups in total. The first-order chi connectivity index (χ1) is 14.9. The van der Waals surface area contributed by atoms with Gasteiger partial charge in [0.1, 0.15) is 0 Å². The molecule has 31 heavy (non-hydrogen) atoms. The molecule has 0 atom stereocenters. The lowest BCUT2D eigenvalue weighted by molar-refractivity contribution is 0.596. The normalized spacial score (nSPS) is 12.5. The van der Waals surface area contributed by atoms with E-state index in [1.54, 1.807) is 0 Å². The number of hydrogen-bond acceptors (Lipinski definition) is 3. The van der Waals surface area contributed by atoms with Crippen LogP contribution in [0.25, 0.3) is 52.3 Å². The molecular weight excluding hydrogens is 414 g/mol. The van der Waals surface area contributed by atoms with E-state index in [0.717, 1.165) is 5.69 Å². The highest BCUT2D eigenvalue weighted by molar-refractivity contribution is 7.26. The van der Waals surface area contributed by atoms with Crippen molar-refractivity contribution in [2.45, 2.75) is 33.1 Å². The molecule has 0 radical (unpaired) electrons. The number of aromatic nitrogens is 1. The predicted molar refractivity (Wildman–Crippen MR) is 139 cm³/mol. The Labute approximate surface area is 190 Å². The molecule has 0 unspecified atom stereocenters. The third kappa shape index (κ3) is 2.91. The molecule has 0 saturated carbocycles. The van der Waals surface area contributed by atoms with E-state index in [2.05, 4.69) is 87.7 Å². The van der Waals surface area contributed by atoms with Crippen LogP contribution in [-0.4, -0.2) is 4.98 Å². The molecule has 3 heteroatoms. The third-order valence-corrected chi connectivity index (χ3v) is 8.40. The molecule has 3 heterocycles. The van der Waals surface area contributed by atoms with Gasteiger partial charge in [-0.15, -0.1) is 22.7 Å². The van der Waals surface area contributed by atoms with E-state index in [4.69, 9.17) is 4.98 Å². The zero-order valence-electron chi connectivity index (χ0n) is 18.1. The van der Waals surface area contributed by atoms with Crippen LogP contribution in [0.4, 0.5) is 0 Å². The SMILES string of the molecule is Cc1csc2cc3sc4ccnc(-c5cc(C(C)(C)C)c6ccccc6c5)c4c3cc12. The Balaban J connectivity index is 1.72. The van der Waals surface area contributed by atoms with Gasteiger partial charge in [0, 0.05) is 36.6 Å². The van der Waals surface area contributed by atoms with Crippen molar-refractivity contribution in [3.8, 4) is 11.3 Å². The van der Waals surface area contributed by atoms with Crippen LogP contribution in [0.3, 0.4) is 0 Å². The zero-order valence-corrected chi connectivity index (χ0v) is 19.7. The van der Waals surface area contributed by atoms with Gasteiger partial charge in [-0.2, -0.15) is 0 Å². The Bertz CT molecular complexity index is 1630. The Morgan fingerprint density at radius 3 is 2.48 bits per heavy atom. The summed E-state index contributed by atoms with van der Waals surface area (Å²) < 4.78 is 4.02. The largest absolute Gasteiger partial charge is 0.256 e. The van der Waals surface area contributed by atoms with Crippen molar-refractivity contribution < 1.29 is 0 Å². The van der Waals surface area contributed by atoms with Crippen molar-refractivity contribution in [3.05, 3.63) is 77.3 Å². The van der Waals surface area contributed by atoms with Crippen LogP contribution in [0.1, 0.15) is 31.9 Å². The van der Waals surface area contributed by atoms with E-state index in [1.807, 2.05) is 28.9 Å². The average Bonchev–Trinajstić information content (AvgIpc) is 3.30. The summed E-state index contributed by atoms with van der Waals surface area (Å²) in [6, 6.07) is 20.3. The Morgan fingerprint density at radius 2 is 1.65 bits per heavy atom. The number of thiophene rings is 2. The Hall–Kier alpha value is -2.75.